The van der Waals surface area contributed by atoms with Gasteiger partial charge in [0.2, 0.25) is 11.8 Å². The molecule has 3 rings (SSSR count). The van der Waals surface area contributed by atoms with Crippen molar-refractivity contribution in [2.45, 2.75) is 64.1 Å². The molecule has 0 aromatic carbocycles. The lowest BCUT2D eigenvalue weighted by molar-refractivity contribution is -0.140. The number of aromatic nitrogens is 1. The quantitative estimate of drug-likeness (QED) is 0.909. The monoisotopic (exact) mass is 307 g/mol. The first-order valence-corrected chi connectivity index (χ1v) is 8.41. The van der Waals surface area contributed by atoms with Crippen LogP contribution in [0.3, 0.4) is 0 Å². The van der Waals surface area contributed by atoms with E-state index in [2.05, 4.69) is 10.3 Å². The minimum Gasteiger partial charge on any atom is -0.342 e. The Morgan fingerprint density at radius 2 is 2.14 bits per heavy atom. The van der Waals surface area contributed by atoms with Crippen molar-refractivity contribution in [1.29, 1.82) is 0 Å². The Balaban J connectivity index is 1.88. The smallest absolute Gasteiger partial charge is 0.248 e. The van der Waals surface area contributed by atoms with Gasteiger partial charge in [0, 0.05) is 17.8 Å². The van der Waals surface area contributed by atoms with Gasteiger partial charge in [0.1, 0.15) is 5.54 Å². The van der Waals surface area contributed by atoms with E-state index in [0.717, 1.165) is 36.4 Å². The number of hydrogen-bond donors (Lipinski definition) is 1. The highest BCUT2D eigenvalue weighted by Gasteiger charge is 2.48. The van der Waals surface area contributed by atoms with E-state index in [0.29, 0.717) is 13.0 Å². The molecule has 0 radical (unpaired) electrons. The summed E-state index contributed by atoms with van der Waals surface area (Å²) < 4.78 is 0. The molecule has 114 valence electrons. The lowest BCUT2D eigenvalue weighted by atomic mass is 9.95. The fraction of sp³-hybridized carbons (Fsp3) is 0.667. The molecule has 1 spiro atoms. The number of carbonyl (C=O) groups excluding carboxylic acids is 2. The molecule has 21 heavy (non-hydrogen) atoms. The second-order valence-corrected chi connectivity index (χ2v) is 7.24. The first kappa shape index (κ1) is 14.5. The Morgan fingerprint density at radius 1 is 1.43 bits per heavy atom. The molecule has 5 nitrogen and oxygen atoms in total. The first-order chi connectivity index (χ1) is 10.00. The molecule has 1 saturated heterocycles. The van der Waals surface area contributed by atoms with E-state index in [1.165, 1.54) is 0 Å². The lowest BCUT2D eigenvalue weighted by Crippen LogP contribution is -2.55. The number of amides is 2. The van der Waals surface area contributed by atoms with Gasteiger partial charge >= 0.3 is 0 Å². The van der Waals surface area contributed by atoms with E-state index in [1.807, 2.05) is 24.1 Å². The van der Waals surface area contributed by atoms with Crippen molar-refractivity contribution < 1.29 is 9.59 Å². The Hall–Kier alpha value is -1.43. The average molecular weight is 307 g/mol. The number of thiazole rings is 1. The van der Waals surface area contributed by atoms with Crippen LogP contribution in [0.4, 0.5) is 0 Å². The van der Waals surface area contributed by atoms with Crippen molar-refractivity contribution >= 4 is 23.2 Å². The maximum absolute atomic E-state index is 13.0. The molecule has 1 unspecified atom stereocenters. The molecule has 0 bridgehead atoms. The van der Waals surface area contributed by atoms with Crippen LogP contribution >= 0.6 is 11.3 Å². The third-order valence-corrected chi connectivity index (χ3v) is 5.34. The number of aryl methyl sites for hydroxylation is 1. The standard InChI is InChI=1S/C15H21N3O2S/c1-10-7-13(19)17-15(5-3-4-6-15)14(20)18(10)8-12-9-21-11(2)16-12/h9-10H,3-8H2,1-2H3,(H,17,19). The fourth-order valence-electron chi connectivity index (χ4n) is 3.43. The third kappa shape index (κ3) is 2.69. The average Bonchev–Trinajstić information content (AvgIpc) is 3.03. The Bertz CT molecular complexity index is 563. The van der Waals surface area contributed by atoms with Gasteiger partial charge in [-0.3, -0.25) is 9.59 Å². The van der Waals surface area contributed by atoms with Crippen LogP contribution in [0.1, 0.15) is 49.7 Å². The van der Waals surface area contributed by atoms with Gasteiger partial charge in [-0.15, -0.1) is 11.3 Å². The van der Waals surface area contributed by atoms with Gasteiger partial charge in [0.15, 0.2) is 0 Å². The molecule has 1 N–H and O–H groups in total. The molecule has 2 aliphatic rings. The van der Waals surface area contributed by atoms with E-state index in [4.69, 9.17) is 0 Å². The second-order valence-electron chi connectivity index (χ2n) is 6.18. The highest BCUT2D eigenvalue weighted by molar-refractivity contribution is 7.09. The highest BCUT2D eigenvalue weighted by atomic mass is 32.1. The van der Waals surface area contributed by atoms with Crippen LogP contribution in [0.2, 0.25) is 0 Å². The predicted molar refractivity (Wildman–Crippen MR) is 80.8 cm³/mol. The summed E-state index contributed by atoms with van der Waals surface area (Å²) in [5.41, 5.74) is 0.257. The minimum atomic E-state index is -0.660. The van der Waals surface area contributed by atoms with Gasteiger partial charge < -0.3 is 10.2 Å². The first-order valence-electron chi connectivity index (χ1n) is 7.53. The summed E-state index contributed by atoms with van der Waals surface area (Å²) >= 11 is 1.59. The van der Waals surface area contributed by atoms with Crippen LogP contribution in [-0.2, 0) is 16.1 Å². The molecule has 6 heteroatoms. The molecule has 1 aromatic rings. The van der Waals surface area contributed by atoms with Crippen molar-refractivity contribution in [2.24, 2.45) is 0 Å². The Kier molecular flexibility index (Phi) is 3.73. The van der Waals surface area contributed by atoms with Crippen molar-refractivity contribution in [3.05, 3.63) is 16.1 Å². The summed E-state index contributed by atoms with van der Waals surface area (Å²) in [5, 5.41) is 6.01. The van der Waals surface area contributed by atoms with Gasteiger partial charge in [-0.1, -0.05) is 12.8 Å². The third-order valence-electron chi connectivity index (χ3n) is 4.52. The van der Waals surface area contributed by atoms with Crippen LogP contribution in [0, 0.1) is 6.92 Å². The fourth-order valence-corrected chi connectivity index (χ4v) is 4.03. The number of hydrogen-bond acceptors (Lipinski definition) is 4. The Morgan fingerprint density at radius 3 is 2.76 bits per heavy atom. The van der Waals surface area contributed by atoms with E-state index >= 15 is 0 Å². The van der Waals surface area contributed by atoms with Gasteiger partial charge in [0.25, 0.3) is 0 Å². The van der Waals surface area contributed by atoms with E-state index in [1.54, 1.807) is 11.3 Å². The van der Waals surface area contributed by atoms with E-state index in [-0.39, 0.29) is 17.9 Å². The molecule has 1 aromatic heterocycles. The molecule has 2 heterocycles. The summed E-state index contributed by atoms with van der Waals surface area (Å²) in [7, 11) is 0. The summed E-state index contributed by atoms with van der Waals surface area (Å²) in [4.78, 5) is 31.4. The predicted octanol–water partition coefficient (Wildman–Crippen LogP) is 2.00. The van der Waals surface area contributed by atoms with E-state index in [9.17, 15) is 9.59 Å². The maximum Gasteiger partial charge on any atom is 0.248 e. The second kappa shape index (κ2) is 5.40. The Labute approximate surface area is 128 Å². The SMILES string of the molecule is Cc1nc(CN2C(=O)C3(CCCC3)NC(=O)CC2C)cs1. The van der Waals surface area contributed by atoms with Crippen molar-refractivity contribution in [3.63, 3.8) is 0 Å². The molecule has 1 saturated carbocycles. The van der Waals surface area contributed by atoms with E-state index < -0.39 is 5.54 Å². The number of rotatable bonds is 2. The van der Waals surface area contributed by atoms with Crippen LogP contribution in [0.25, 0.3) is 0 Å². The highest BCUT2D eigenvalue weighted by Crippen LogP contribution is 2.34. The van der Waals surface area contributed by atoms with Crippen LogP contribution in [0.5, 0.6) is 0 Å². The molecule has 1 aliphatic heterocycles. The summed E-state index contributed by atoms with van der Waals surface area (Å²) in [5.74, 6) is 0.0683. The normalized spacial score (nSPS) is 25.2. The molecule has 1 aliphatic carbocycles. The maximum atomic E-state index is 13.0. The molecule has 1 atom stereocenters. The lowest BCUT2D eigenvalue weighted by Gasteiger charge is -2.33. The number of carbonyl (C=O) groups is 2. The molecule has 2 fully saturated rings. The van der Waals surface area contributed by atoms with Gasteiger partial charge in [0.05, 0.1) is 17.2 Å². The van der Waals surface area contributed by atoms with Crippen molar-refractivity contribution in [3.8, 4) is 0 Å². The minimum absolute atomic E-state index is 0.00490. The topological polar surface area (TPSA) is 62.3 Å². The number of nitrogens with zero attached hydrogens (tertiary/aromatic N) is 2. The zero-order chi connectivity index (χ0) is 15.0. The van der Waals surface area contributed by atoms with Crippen molar-refractivity contribution in [1.82, 2.24) is 15.2 Å². The summed E-state index contributed by atoms with van der Waals surface area (Å²) in [6, 6.07) is -0.0838. The van der Waals surface area contributed by atoms with Crippen LogP contribution in [0.15, 0.2) is 5.38 Å². The van der Waals surface area contributed by atoms with Crippen LogP contribution in [-0.4, -0.2) is 33.3 Å². The van der Waals surface area contributed by atoms with Gasteiger partial charge in [-0.25, -0.2) is 4.98 Å². The van der Waals surface area contributed by atoms with Crippen molar-refractivity contribution in [2.75, 3.05) is 0 Å². The van der Waals surface area contributed by atoms with Gasteiger partial charge in [-0.2, -0.15) is 0 Å². The van der Waals surface area contributed by atoms with Gasteiger partial charge in [-0.05, 0) is 26.7 Å². The zero-order valence-corrected chi connectivity index (χ0v) is 13.3. The van der Waals surface area contributed by atoms with Crippen LogP contribution < -0.4 is 5.32 Å². The molecular weight excluding hydrogens is 286 g/mol. The largest absolute Gasteiger partial charge is 0.342 e. The summed E-state index contributed by atoms with van der Waals surface area (Å²) in [6.45, 7) is 4.41. The zero-order valence-electron chi connectivity index (χ0n) is 12.5. The number of nitrogens with one attached hydrogen (secondary N) is 1. The molecule has 2 amide bonds. The summed E-state index contributed by atoms with van der Waals surface area (Å²) in [6.07, 6.45) is 3.90. The molecular formula is C15H21N3O2S.